The number of rotatable bonds is 10. The normalized spacial score (nSPS) is 21.2. The smallest absolute Gasteiger partial charge is 0.304 e. The van der Waals surface area contributed by atoms with Gasteiger partial charge in [-0.1, -0.05) is 49.7 Å². The molecule has 2 aromatic rings. The summed E-state index contributed by atoms with van der Waals surface area (Å²) in [5.74, 6) is 1.18. The standard InChI is InChI=1S/C29H39NO4/c1-17-6-7-21(18(2)10-17)13-24(31)14-22(15-25(32)33)27-26(20-8-9-20)28(34-30-27)23-11-19(12-23)16-29(3,4)5/h6-7,10,19-20,22-23H,8-9,11-16H2,1-5H3,(H,32,33)/t19?,22-,23?/m0/s1. The lowest BCUT2D eigenvalue weighted by molar-refractivity contribution is -0.137. The summed E-state index contributed by atoms with van der Waals surface area (Å²) < 4.78 is 5.92. The molecular formula is C29H39NO4. The number of aliphatic carboxylic acids is 1. The van der Waals surface area contributed by atoms with Crippen molar-refractivity contribution in [2.45, 2.75) is 104 Å². The first-order valence-corrected chi connectivity index (χ1v) is 12.8. The van der Waals surface area contributed by atoms with E-state index < -0.39 is 11.9 Å². The molecule has 184 valence electrons. The number of carbonyl (C=O) groups excluding carboxylic acids is 1. The maximum atomic E-state index is 13.0. The third-order valence-corrected chi connectivity index (χ3v) is 7.44. The highest BCUT2D eigenvalue weighted by Crippen LogP contribution is 2.53. The van der Waals surface area contributed by atoms with Gasteiger partial charge in [0.15, 0.2) is 0 Å². The molecule has 1 atom stereocenters. The Bertz CT molecular complexity index is 1050. The van der Waals surface area contributed by atoms with Crippen LogP contribution in [0.25, 0.3) is 0 Å². The van der Waals surface area contributed by atoms with Crippen LogP contribution in [0.4, 0.5) is 0 Å². The van der Waals surface area contributed by atoms with Gasteiger partial charge in [-0.15, -0.1) is 0 Å². The second-order valence-electron chi connectivity index (χ2n) is 12.1. The fourth-order valence-electron chi connectivity index (χ4n) is 5.76. The van der Waals surface area contributed by atoms with E-state index in [0.29, 0.717) is 29.6 Å². The lowest BCUT2D eigenvalue weighted by Crippen LogP contribution is -2.26. The summed E-state index contributed by atoms with van der Waals surface area (Å²) in [4.78, 5) is 24.8. The first-order valence-electron chi connectivity index (χ1n) is 12.8. The van der Waals surface area contributed by atoms with Crippen molar-refractivity contribution in [1.82, 2.24) is 5.16 Å². The quantitative estimate of drug-likeness (QED) is 0.414. The Balaban J connectivity index is 1.51. The van der Waals surface area contributed by atoms with Gasteiger partial charge in [0.25, 0.3) is 0 Å². The Morgan fingerprint density at radius 1 is 1.12 bits per heavy atom. The largest absolute Gasteiger partial charge is 0.481 e. The van der Waals surface area contributed by atoms with Crippen LogP contribution in [0.2, 0.25) is 0 Å². The molecule has 2 fully saturated rings. The zero-order valence-corrected chi connectivity index (χ0v) is 21.3. The van der Waals surface area contributed by atoms with Crippen molar-refractivity contribution in [2.75, 3.05) is 0 Å². The second-order valence-corrected chi connectivity index (χ2v) is 12.1. The fraction of sp³-hybridized carbons (Fsp3) is 0.621. The van der Waals surface area contributed by atoms with Crippen molar-refractivity contribution >= 4 is 11.8 Å². The van der Waals surface area contributed by atoms with Crippen LogP contribution in [0.3, 0.4) is 0 Å². The zero-order chi connectivity index (χ0) is 24.6. The molecule has 5 heteroatoms. The van der Waals surface area contributed by atoms with E-state index >= 15 is 0 Å². The molecule has 0 unspecified atom stereocenters. The number of nitrogens with zero attached hydrogens (tertiary/aromatic N) is 1. The zero-order valence-electron chi connectivity index (χ0n) is 21.3. The number of carbonyl (C=O) groups is 2. The molecule has 0 radical (unpaired) electrons. The molecule has 0 aliphatic heterocycles. The average Bonchev–Trinajstić information content (AvgIpc) is 3.43. The van der Waals surface area contributed by atoms with Gasteiger partial charge in [0.1, 0.15) is 11.5 Å². The predicted molar refractivity (Wildman–Crippen MR) is 132 cm³/mol. The molecule has 1 heterocycles. The van der Waals surface area contributed by atoms with Crippen molar-refractivity contribution in [2.24, 2.45) is 11.3 Å². The lowest BCUT2D eigenvalue weighted by atomic mass is 9.66. The van der Waals surface area contributed by atoms with Crippen molar-refractivity contribution in [3.63, 3.8) is 0 Å². The van der Waals surface area contributed by atoms with Gasteiger partial charge in [-0.3, -0.25) is 9.59 Å². The molecule has 0 saturated heterocycles. The molecule has 1 N–H and O–H groups in total. The maximum absolute atomic E-state index is 13.0. The highest BCUT2D eigenvalue weighted by Gasteiger charge is 2.42. The highest BCUT2D eigenvalue weighted by atomic mass is 16.5. The summed E-state index contributed by atoms with van der Waals surface area (Å²) in [6, 6.07) is 6.10. The number of benzene rings is 1. The summed E-state index contributed by atoms with van der Waals surface area (Å²) >= 11 is 0. The van der Waals surface area contributed by atoms with E-state index in [0.717, 1.165) is 53.8 Å². The highest BCUT2D eigenvalue weighted by molar-refractivity contribution is 5.83. The molecule has 34 heavy (non-hydrogen) atoms. The van der Waals surface area contributed by atoms with Gasteiger partial charge in [0.05, 0.1) is 12.1 Å². The summed E-state index contributed by atoms with van der Waals surface area (Å²) in [7, 11) is 0. The number of hydrogen-bond acceptors (Lipinski definition) is 4. The van der Waals surface area contributed by atoms with Crippen molar-refractivity contribution in [1.29, 1.82) is 0 Å². The van der Waals surface area contributed by atoms with Crippen LogP contribution >= 0.6 is 0 Å². The van der Waals surface area contributed by atoms with Gasteiger partial charge in [0, 0.05) is 30.2 Å². The number of aryl methyl sites for hydroxylation is 2. The summed E-state index contributed by atoms with van der Waals surface area (Å²) in [6.45, 7) is 10.9. The van der Waals surface area contributed by atoms with E-state index in [4.69, 9.17) is 4.52 Å². The Morgan fingerprint density at radius 3 is 2.41 bits per heavy atom. The number of carboxylic acid groups (broad SMARTS) is 1. The number of aromatic nitrogens is 1. The number of carboxylic acids is 1. The number of Topliss-reactive ketones (excluding diaryl/α,β-unsaturated/α-hetero) is 1. The molecule has 1 aromatic heterocycles. The van der Waals surface area contributed by atoms with Gasteiger partial charge >= 0.3 is 5.97 Å². The molecule has 4 rings (SSSR count). The summed E-state index contributed by atoms with van der Waals surface area (Å²) in [5, 5.41) is 14.0. The van der Waals surface area contributed by atoms with Gasteiger partial charge < -0.3 is 9.63 Å². The minimum absolute atomic E-state index is 0.0541. The van der Waals surface area contributed by atoms with Gasteiger partial charge in [-0.05, 0) is 74.3 Å². The van der Waals surface area contributed by atoms with Crippen molar-refractivity contribution in [3.8, 4) is 0 Å². The third-order valence-electron chi connectivity index (χ3n) is 7.44. The minimum atomic E-state index is -0.899. The van der Waals surface area contributed by atoms with Crippen LogP contribution in [0.1, 0.15) is 117 Å². The Kier molecular flexibility index (Phi) is 7.02. The molecule has 0 spiro atoms. The monoisotopic (exact) mass is 465 g/mol. The van der Waals surface area contributed by atoms with E-state index in [2.05, 4.69) is 32.0 Å². The Labute approximate surface area is 203 Å². The topological polar surface area (TPSA) is 80.4 Å². The third kappa shape index (κ3) is 5.97. The first kappa shape index (κ1) is 24.7. The molecule has 5 nitrogen and oxygen atoms in total. The van der Waals surface area contributed by atoms with Crippen LogP contribution in [0.15, 0.2) is 22.7 Å². The van der Waals surface area contributed by atoms with Crippen LogP contribution < -0.4 is 0 Å². The molecule has 0 bridgehead atoms. The van der Waals surface area contributed by atoms with Crippen molar-refractivity contribution < 1.29 is 19.2 Å². The fourth-order valence-corrected chi connectivity index (χ4v) is 5.76. The van der Waals surface area contributed by atoms with Crippen LogP contribution in [-0.2, 0) is 16.0 Å². The Hall–Kier alpha value is -2.43. The van der Waals surface area contributed by atoms with E-state index in [1.807, 2.05) is 26.0 Å². The molecule has 0 amide bonds. The Morgan fingerprint density at radius 2 is 1.82 bits per heavy atom. The van der Waals surface area contributed by atoms with E-state index in [-0.39, 0.29) is 18.6 Å². The van der Waals surface area contributed by atoms with Crippen LogP contribution in [-0.4, -0.2) is 22.0 Å². The summed E-state index contributed by atoms with van der Waals surface area (Å²) in [5.41, 5.74) is 5.46. The molecule has 2 aliphatic rings. The van der Waals surface area contributed by atoms with Crippen LogP contribution in [0, 0.1) is 25.2 Å². The van der Waals surface area contributed by atoms with E-state index in [9.17, 15) is 14.7 Å². The number of ketones is 1. The molecule has 2 saturated carbocycles. The van der Waals surface area contributed by atoms with Crippen molar-refractivity contribution in [3.05, 3.63) is 51.9 Å². The van der Waals surface area contributed by atoms with Gasteiger partial charge in [-0.25, -0.2) is 0 Å². The van der Waals surface area contributed by atoms with Crippen LogP contribution in [0.5, 0.6) is 0 Å². The maximum Gasteiger partial charge on any atom is 0.304 e. The minimum Gasteiger partial charge on any atom is -0.481 e. The van der Waals surface area contributed by atoms with E-state index in [1.54, 1.807) is 0 Å². The second kappa shape index (κ2) is 9.67. The number of hydrogen-bond donors (Lipinski definition) is 1. The predicted octanol–water partition coefficient (Wildman–Crippen LogP) is 6.86. The first-order chi connectivity index (χ1) is 16.0. The lowest BCUT2D eigenvalue weighted by Gasteiger charge is -2.38. The molecule has 2 aliphatic carbocycles. The SMILES string of the molecule is Cc1ccc(CC(=O)C[C@@H](CC(=O)O)c2noc(C3CC(CC(C)(C)C)C3)c2C2CC2)c(C)c1. The van der Waals surface area contributed by atoms with E-state index in [1.165, 1.54) is 12.0 Å². The molecular weight excluding hydrogens is 426 g/mol. The average molecular weight is 466 g/mol. The van der Waals surface area contributed by atoms with Gasteiger partial charge in [-0.2, -0.15) is 0 Å². The molecule has 1 aromatic carbocycles. The summed E-state index contributed by atoms with van der Waals surface area (Å²) in [6.07, 6.45) is 6.03. The van der Waals surface area contributed by atoms with Gasteiger partial charge in [0.2, 0.25) is 0 Å².